The van der Waals surface area contributed by atoms with Gasteiger partial charge in [0.05, 0.1) is 6.42 Å². The number of carbonyl (C=O) groups is 1. The zero-order valence-electron chi connectivity index (χ0n) is 8.90. The van der Waals surface area contributed by atoms with Crippen molar-refractivity contribution in [2.75, 3.05) is 0 Å². The molecule has 0 aromatic carbocycles. The first-order chi connectivity index (χ1) is 7.22. The molecule has 2 aromatic heterocycles. The number of Topliss-reactive ketones (excluding diaryl/α,β-unsaturated/α-hetero) is 1. The first kappa shape index (κ1) is 9.83. The van der Waals surface area contributed by atoms with Gasteiger partial charge in [-0.3, -0.25) is 4.79 Å². The van der Waals surface area contributed by atoms with E-state index in [2.05, 4.69) is 9.97 Å². The largest absolute Gasteiger partial charge is 0.315 e. The summed E-state index contributed by atoms with van der Waals surface area (Å²) in [6, 6.07) is 3.75. The Morgan fingerprint density at radius 2 is 2.33 bits per heavy atom. The Kier molecular flexibility index (Phi) is 2.49. The number of aryl methyl sites for hydroxylation is 1. The molecule has 0 aliphatic carbocycles. The van der Waals surface area contributed by atoms with Crippen molar-refractivity contribution in [2.45, 2.75) is 19.8 Å². The van der Waals surface area contributed by atoms with Gasteiger partial charge in [-0.05, 0) is 12.1 Å². The summed E-state index contributed by atoms with van der Waals surface area (Å²) in [5.74, 6) is 0.990. The average molecular weight is 203 g/mol. The Morgan fingerprint density at radius 1 is 1.53 bits per heavy atom. The highest BCUT2D eigenvalue weighted by Gasteiger charge is 2.10. The van der Waals surface area contributed by atoms with Crippen molar-refractivity contribution < 1.29 is 4.79 Å². The Hall–Kier alpha value is -1.71. The maximum atomic E-state index is 11.3. The molecule has 0 amide bonds. The van der Waals surface area contributed by atoms with Crippen molar-refractivity contribution in [1.82, 2.24) is 14.5 Å². The number of aromatic nitrogens is 3. The number of hydrogen-bond donors (Lipinski definition) is 0. The lowest BCUT2D eigenvalue weighted by molar-refractivity contribution is -0.118. The lowest BCUT2D eigenvalue weighted by Crippen LogP contribution is -2.06. The lowest BCUT2D eigenvalue weighted by Gasteiger charge is -1.99. The predicted molar refractivity (Wildman–Crippen MR) is 57.5 cm³/mol. The quantitative estimate of drug-likeness (QED) is 0.759. The molecule has 4 heteroatoms. The SMILES string of the molecule is CCC(=O)Cc1nc2cccnc2n1C. The fraction of sp³-hybridized carbons (Fsp3) is 0.364. The number of rotatable bonds is 3. The van der Waals surface area contributed by atoms with Gasteiger partial charge in [0.1, 0.15) is 17.1 Å². The number of nitrogens with zero attached hydrogens (tertiary/aromatic N) is 3. The highest BCUT2D eigenvalue weighted by molar-refractivity contribution is 5.81. The van der Waals surface area contributed by atoms with Crippen molar-refractivity contribution in [3.63, 3.8) is 0 Å². The van der Waals surface area contributed by atoms with Crippen LogP contribution in [0.4, 0.5) is 0 Å². The fourth-order valence-corrected chi connectivity index (χ4v) is 1.53. The van der Waals surface area contributed by atoms with Gasteiger partial charge in [0.2, 0.25) is 0 Å². The molecule has 0 fully saturated rings. The second-order valence-electron chi connectivity index (χ2n) is 3.50. The van der Waals surface area contributed by atoms with Crippen LogP contribution in [0.5, 0.6) is 0 Å². The molecule has 0 N–H and O–H groups in total. The van der Waals surface area contributed by atoms with Crippen LogP contribution < -0.4 is 0 Å². The highest BCUT2D eigenvalue weighted by Crippen LogP contribution is 2.12. The van der Waals surface area contributed by atoms with Gasteiger partial charge >= 0.3 is 0 Å². The van der Waals surface area contributed by atoms with Crippen LogP contribution in [0.15, 0.2) is 18.3 Å². The van der Waals surface area contributed by atoms with Gasteiger partial charge in [-0.1, -0.05) is 6.92 Å². The monoisotopic (exact) mass is 203 g/mol. The molecule has 2 rings (SSSR count). The highest BCUT2D eigenvalue weighted by atomic mass is 16.1. The molecule has 2 aromatic rings. The number of imidazole rings is 1. The molecule has 4 nitrogen and oxygen atoms in total. The molecule has 0 unspecified atom stereocenters. The normalized spacial score (nSPS) is 10.8. The molecule has 0 bridgehead atoms. The lowest BCUT2D eigenvalue weighted by atomic mass is 10.2. The molecular weight excluding hydrogens is 190 g/mol. The second-order valence-corrected chi connectivity index (χ2v) is 3.50. The van der Waals surface area contributed by atoms with E-state index in [-0.39, 0.29) is 5.78 Å². The molecule has 0 saturated heterocycles. The van der Waals surface area contributed by atoms with E-state index in [1.54, 1.807) is 6.20 Å². The zero-order valence-corrected chi connectivity index (χ0v) is 8.90. The minimum Gasteiger partial charge on any atom is -0.315 e. The molecule has 15 heavy (non-hydrogen) atoms. The van der Waals surface area contributed by atoms with E-state index in [9.17, 15) is 4.79 Å². The summed E-state index contributed by atoms with van der Waals surface area (Å²) in [5, 5.41) is 0. The van der Waals surface area contributed by atoms with Gasteiger partial charge in [0, 0.05) is 19.7 Å². The van der Waals surface area contributed by atoms with Gasteiger partial charge in [0.25, 0.3) is 0 Å². The van der Waals surface area contributed by atoms with Crippen molar-refractivity contribution in [2.24, 2.45) is 7.05 Å². The molecule has 0 spiro atoms. The van der Waals surface area contributed by atoms with E-state index in [1.807, 2.05) is 30.7 Å². The molecule has 0 saturated carbocycles. The summed E-state index contributed by atoms with van der Waals surface area (Å²) in [6.07, 6.45) is 2.68. The van der Waals surface area contributed by atoms with Gasteiger partial charge in [0.15, 0.2) is 5.65 Å². The van der Waals surface area contributed by atoms with E-state index < -0.39 is 0 Å². The number of fused-ring (bicyclic) bond motifs is 1. The van der Waals surface area contributed by atoms with Gasteiger partial charge < -0.3 is 4.57 Å². The predicted octanol–water partition coefficient (Wildman–Crippen LogP) is 1.49. The van der Waals surface area contributed by atoms with Gasteiger partial charge in [-0.15, -0.1) is 0 Å². The van der Waals surface area contributed by atoms with Crippen LogP contribution in [0.3, 0.4) is 0 Å². The minimum absolute atomic E-state index is 0.202. The smallest absolute Gasteiger partial charge is 0.159 e. The molecule has 0 radical (unpaired) electrons. The van der Waals surface area contributed by atoms with E-state index in [0.29, 0.717) is 12.8 Å². The van der Waals surface area contributed by atoms with E-state index in [0.717, 1.165) is 17.0 Å². The van der Waals surface area contributed by atoms with Crippen molar-refractivity contribution in [1.29, 1.82) is 0 Å². The summed E-state index contributed by atoms with van der Waals surface area (Å²) in [7, 11) is 1.89. The first-order valence-electron chi connectivity index (χ1n) is 5.00. The first-order valence-corrected chi connectivity index (χ1v) is 5.00. The third-order valence-corrected chi connectivity index (χ3v) is 2.47. The number of pyridine rings is 1. The summed E-state index contributed by atoms with van der Waals surface area (Å²) < 4.78 is 1.88. The number of carbonyl (C=O) groups excluding carboxylic acids is 1. The Balaban J connectivity index is 2.44. The summed E-state index contributed by atoms with van der Waals surface area (Å²) in [6.45, 7) is 1.86. The third kappa shape index (κ3) is 1.75. The van der Waals surface area contributed by atoms with Crippen LogP contribution in [-0.4, -0.2) is 20.3 Å². The van der Waals surface area contributed by atoms with E-state index >= 15 is 0 Å². The van der Waals surface area contributed by atoms with Crippen LogP contribution in [0, 0.1) is 0 Å². The topological polar surface area (TPSA) is 47.8 Å². The van der Waals surface area contributed by atoms with E-state index in [1.165, 1.54) is 0 Å². The molecule has 2 heterocycles. The third-order valence-electron chi connectivity index (χ3n) is 2.47. The number of ketones is 1. The molecular formula is C11H13N3O. The van der Waals surface area contributed by atoms with Gasteiger partial charge in [-0.2, -0.15) is 0 Å². The average Bonchev–Trinajstić information content (AvgIpc) is 2.57. The molecule has 0 aliphatic rings. The van der Waals surface area contributed by atoms with Crippen LogP contribution in [0.1, 0.15) is 19.2 Å². The van der Waals surface area contributed by atoms with Crippen molar-refractivity contribution >= 4 is 16.9 Å². The van der Waals surface area contributed by atoms with E-state index in [4.69, 9.17) is 0 Å². The summed E-state index contributed by atoms with van der Waals surface area (Å²) in [5.41, 5.74) is 1.68. The molecule has 0 aliphatic heterocycles. The fourth-order valence-electron chi connectivity index (χ4n) is 1.53. The Morgan fingerprint density at radius 3 is 3.00 bits per heavy atom. The summed E-state index contributed by atoms with van der Waals surface area (Å²) in [4.78, 5) is 19.9. The maximum absolute atomic E-state index is 11.3. The van der Waals surface area contributed by atoms with Crippen LogP contribution >= 0.6 is 0 Å². The van der Waals surface area contributed by atoms with Crippen LogP contribution in [0.2, 0.25) is 0 Å². The summed E-state index contributed by atoms with van der Waals surface area (Å²) >= 11 is 0. The van der Waals surface area contributed by atoms with Crippen LogP contribution in [0.25, 0.3) is 11.2 Å². The Labute approximate surface area is 88.0 Å². The minimum atomic E-state index is 0.202. The second kappa shape index (κ2) is 3.81. The Bertz CT molecular complexity index is 502. The molecule has 78 valence electrons. The van der Waals surface area contributed by atoms with Crippen molar-refractivity contribution in [3.8, 4) is 0 Å². The van der Waals surface area contributed by atoms with Crippen molar-refractivity contribution in [3.05, 3.63) is 24.2 Å². The number of hydrogen-bond acceptors (Lipinski definition) is 3. The zero-order chi connectivity index (χ0) is 10.8. The standard InChI is InChI=1S/C11H13N3O/c1-3-8(15)7-10-13-9-5-4-6-12-11(9)14(10)2/h4-6H,3,7H2,1-2H3. The maximum Gasteiger partial charge on any atom is 0.159 e. The van der Waals surface area contributed by atoms with Gasteiger partial charge in [-0.25, -0.2) is 9.97 Å². The molecule has 0 atom stereocenters. The van der Waals surface area contributed by atoms with Crippen LogP contribution in [-0.2, 0) is 18.3 Å².